The van der Waals surface area contributed by atoms with Crippen LogP contribution in [0.3, 0.4) is 0 Å². The third-order valence-electron chi connectivity index (χ3n) is 5.00. The van der Waals surface area contributed by atoms with Crippen molar-refractivity contribution in [2.45, 2.75) is 43.5 Å². The van der Waals surface area contributed by atoms with Crippen molar-refractivity contribution in [1.29, 1.82) is 5.26 Å². The third-order valence-corrected chi connectivity index (χ3v) is 7.20. The zero-order valence-corrected chi connectivity index (χ0v) is 17.6. The Balaban J connectivity index is 1.78. The number of nitrogens with one attached hydrogen (secondary N) is 1. The molecule has 1 saturated heterocycles. The summed E-state index contributed by atoms with van der Waals surface area (Å²) in [6.45, 7) is 2.28. The molecule has 1 aliphatic rings. The van der Waals surface area contributed by atoms with Gasteiger partial charge < -0.3 is 5.32 Å². The van der Waals surface area contributed by atoms with E-state index in [0.29, 0.717) is 29.2 Å². The second-order valence-corrected chi connectivity index (χ2v) is 9.46. The van der Waals surface area contributed by atoms with Crippen LogP contribution >= 0.6 is 11.6 Å². The van der Waals surface area contributed by atoms with E-state index in [4.69, 9.17) is 11.6 Å². The van der Waals surface area contributed by atoms with Crippen LogP contribution in [0.15, 0.2) is 47.4 Å². The van der Waals surface area contributed by atoms with Gasteiger partial charge >= 0.3 is 0 Å². The molecule has 0 aromatic heterocycles. The highest BCUT2D eigenvalue weighted by molar-refractivity contribution is 7.89. The standard InChI is InChI=1S/C21H22ClN3O3S/c1-15-5-9-19(10-6-15)29(27,28)25-11-3-2-4-18(25)13-21(26)24-20-12-17(22)8-7-16(20)14-23/h5-10,12,18H,2-4,11,13H2,1H3,(H,24,26)/t18-/m1/s1. The van der Waals surface area contributed by atoms with Crippen LogP contribution in [-0.4, -0.2) is 31.2 Å². The molecular weight excluding hydrogens is 410 g/mol. The summed E-state index contributed by atoms with van der Waals surface area (Å²) in [5, 5.41) is 12.3. The Labute approximate surface area is 176 Å². The van der Waals surface area contributed by atoms with E-state index in [1.165, 1.54) is 16.4 Å². The molecule has 6 nitrogen and oxygen atoms in total. The van der Waals surface area contributed by atoms with Gasteiger partial charge in [-0.05, 0) is 50.1 Å². The first-order chi connectivity index (χ1) is 13.8. The molecule has 8 heteroatoms. The SMILES string of the molecule is Cc1ccc(S(=O)(=O)N2CCCC[C@@H]2CC(=O)Nc2cc(Cl)ccc2C#N)cc1. The molecule has 2 aromatic rings. The molecule has 0 aliphatic carbocycles. The van der Waals surface area contributed by atoms with E-state index < -0.39 is 16.1 Å². The number of nitriles is 1. The first-order valence-electron chi connectivity index (χ1n) is 9.39. The summed E-state index contributed by atoms with van der Waals surface area (Å²) in [6, 6.07) is 12.9. The van der Waals surface area contributed by atoms with E-state index in [-0.39, 0.29) is 17.2 Å². The molecule has 152 valence electrons. The van der Waals surface area contributed by atoms with Crippen LogP contribution in [0.2, 0.25) is 5.02 Å². The number of anilines is 1. The summed E-state index contributed by atoms with van der Waals surface area (Å²) in [5.41, 5.74) is 1.61. The van der Waals surface area contributed by atoms with Gasteiger partial charge in [-0.25, -0.2) is 8.42 Å². The van der Waals surface area contributed by atoms with Crippen molar-refractivity contribution in [1.82, 2.24) is 4.31 Å². The maximum absolute atomic E-state index is 13.1. The largest absolute Gasteiger partial charge is 0.325 e. The van der Waals surface area contributed by atoms with Crippen LogP contribution in [0.4, 0.5) is 5.69 Å². The second kappa shape index (κ2) is 8.95. The summed E-state index contributed by atoms with van der Waals surface area (Å²) in [6.07, 6.45) is 2.25. The Bertz CT molecular complexity index is 1050. The fraction of sp³-hybridized carbons (Fsp3) is 0.333. The van der Waals surface area contributed by atoms with E-state index in [9.17, 15) is 18.5 Å². The fourth-order valence-corrected chi connectivity index (χ4v) is 5.34. The summed E-state index contributed by atoms with van der Waals surface area (Å²) < 4.78 is 27.7. The zero-order valence-electron chi connectivity index (χ0n) is 16.1. The molecule has 0 unspecified atom stereocenters. The van der Waals surface area contributed by atoms with Gasteiger partial charge in [-0.2, -0.15) is 9.57 Å². The van der Waals surface area contributed by atoms with Crippen molar-refractivity contribution < 1.29 is 13.2 Å². The molecule has 1 fully saturated rings. The molecule has 0 bridgehead atoms. The number of sulfonamides is 1. The van der Waals surface area contributed by atoms with Crippen LogP contribution in [0.5, 0.6) is 0 Å². The lowest BCUT2D eigenvalue weighted by Crippen LogP contribution is -2.45. The first kappa shape index (κ1) is 21.3. The molecule has 0 radical (unpaired) electrons. The monoisotopic (exact) mass is 431 g/mol. The van der Waals surface area contributed by atoms with Crippen molar-refractivity contribution in [3.05, 3.63) is 58.6 Å². The Morgan fingerprint density at radius 1 is 1.24 bits per heavy atom. The van der Waals surface area contributed by atoms with E-state index in [2.05, 4.69) is 5.32 Å². The van der Waals surface area contributed by atoms with Gasteiger partial charge in [0.1, 0.15) is 6.07 Å². The molecule has 0 saturated carbocycles. The molecule has 2 aromatic carbocycles. The van der Waals surface area contributed by atoms with Gasteiger partial charge in [-0.3, -0.25) is 4.79 Å². The third kappa shape index (κ3) is 4.96. The second-order valence-electron chi connectivity index (χ2n) is 7.13. The van der Waals surface area contributed by atoms with Crippen molar-refractivity contribution in [2.24, 2.45) is 0 Å². The number of halogens is 1. The number of aryl methyl sites for hydroxylation is 1. The molecule has 1 heterocycles. The lowest BCUT2D eigenvalue weighted by Gasteiger charge is -2.34. The number of carbonyl (C=O) groups excluding carboxylic acids is 1. The Kier molecular flexibility index (Phi) is 6.58. The average molecular weight is 432 g/mol. The first-order valence-corrected chi connectivity index (χ1v) is 11.2. The molecule has 29 heavy (non-hydrogen) atoms. The number of piperidine rings is 1. The van der Waals surface area contributed by atoms with Gasteiger partial charge in [0, 0.05) is 24.0 Å². The van der Waals surface area contributed by atoms with E-state index >= 15 is 0 Å². The minimum absolute atomic E-state index is 0.0163. The Morgan fingerprint density at radius 2 is 1.97 bits per heavy atom. The van der Waals surface area contributed by atoms with Gasteiger partial charge in [0.25, 0.3) is 0 Å². The maximum Gasteiger partial charge on any atom is 0.243 e. The van der Waals surface area contributed by atoms with Crippen LogP contribution in [-0.2, 0) is 14.8 Å². The fourth-order valence-electron chi connectivity index (χ4n) is 3.47. The lowest BCUT2D eigenvalue weighted by atomic mass is 10.0. The predicted octanol–water partition coefficient (Wildman–Crippen LogP) is 4.09. The molecule has 1 amide bonds. The normalized spacial score (nSPS) is 17.5. The number of amides is 1. The summed E-state index contributed by atoms with van der Waals surface area (Å²) in [4.78, 5) is 12.9. The minimum Gasteiger partial charge on any atom is -0.325 e. The number of carbonyl (C=O) groups is 1. The molecule has 3 rings (SSSR count). The van der Waals surface area contributed by atoms with E-state index in [1.54, 1.807) is 30.3 Å². The van der Waals surface area contributed by atoms with E-state index in [0.717, 1.165) is 18.4 Å². The highest BCUT2D eigenvalue weighted by atomic mass is 35.5. The number of nitrogens with zero attached hydrogens (tertiary/aromatic N) is 2. The molecule has 0 spiro atoms. The van der Waals surface area contributed by atoms with Gasteiger partial charge in [0.2, 0.25) is 15.9 Å². The number of benzene rings is 2. The summed E-state index contributed by atoms with van der Waals surface area (Å²) in [7, 11) is -3.69. The van der Waals surface area contributed by atoms with Crippen LogP contribution in [0, 0.1) is 18.3 Å². The minimum atomic E-state index is -3.69. The van der Waals surface area contributed by atoms with E-state index in [1.807, 2.05) is 13.0 Å². The Morgan fingerprint density at radius 3 is 2.66 bits per heavy atom. The number of hydrogen-bond acceptors (Lipinski definition) is 4. The van der Waals surface area contributed by atoms with Crippen molar-refractivity contribution >= 4 is 33.2 Å². The topological polar surface area (TPSA) is 90.3 Å². The van der Waals surface area contributed by atoms with Gasteiger partial charge in [-0.1, -0.05) is 35.7 Å². The molecular formula is C21H22ClN3O3S. The summed E-state index contributed by atoms with van der Waals surface area (Å²) >= 11 is 5.96. The highest BCUT2D eigenvalue weighted by Crippen LogP contribution is 2.28. The van der Waals surface area contributed by atoms with Gasteiger partial charge in [0.05, 0.1) is 16.1 Å². The predicted molar refractivity (Wildman–Crippen MR) is 112 cm³/mol. The van der Waals surface area contributed by atoms with Crippen molar-refractivity contribution in [3.8, 4) is 6.07 Å². The molecule has 1 aliphatic heterocycles. The zero-order chi connectivity index (χ0) is 21.0. The van der Waals surface area contributed by atoms with Crippen LogP contribution in [0.25, 0.3) is 0 Å². The van der Waals surface area contributed by atoms with Crippen molar-refractivity contribution in [3.63, 3.8) is 0 Å². The van der Waals surface area contributed by atoms with Crippen molar-refractivity contribution in [2.75, 3.05) is 11.9 Å². The molecule has 1 atom stereocenters. The van der Waals surface area contributed by atoms with Crippen LogP contribution < -0.4 is 5.32 Å². The average Bonchev–Trinajstić information content (AvgIpc) is 2.69. The van der Waals surface area contributed by atoms with Crippen LogP contribution in [0.1, 0.15) is 36.8 Å². The van der Waals surface area contributed by atoms with Gasteiger partial charge in [-0.15, -0.1) is 0 Å². The lowest BCUT2D eigenvalue weighted by molar-refractivity contribution is -0.117. The summed E-state index contributed by atoms with van der Waals surface area (Å²) in [5.74, 6) is -0.347. The smallest absolute Gasteiger partial charge is 0.243 e. The highest BCUT2D eigenvalue weighted by Gasteiger charge is 2.34. The Hall–Kier alpha value is -2.40. The maximum atomic E-state index is 13.1. The van der Waals surface area contributed by atoms with Gasteiger partial charge in [0.15, 0.2) is 0 Å². The number of hydrogen-bond donors (Lipinski definition) is 1. The number of rotatable bonds is 5. The quantitative estimate of drug-likeness (QED) is 0.771. The molecule has 1 N–H and O–H groups in total.